The summed E-state index contributed by atoms with van der Waals surface area (Å²) in [5.74, 6) is -3.62. The van der Waals surface area contributed by atoms with Crippen molar-refractivity contribution >= 4 is 29.6 Å². The Morgan fingerprint density at radius 3 is 1.95 bits per heavy atom. The predicted octanol–water partition coefficient (Wildman–Crippen LogP) is -0.163. The van der Waals surface area contributed by atoms with Gasteiger partial charge < -0.3 is 37.2 Å². The summed E-state index contributed by atoms with van der Waals surface area (Å²) in [6, 6.07) is 12.0. The van der Waals surface area contributed by atoms with E-state index in [4.69, 9.17) is 5.73 Å². The molecule has 0 aromatic heterocycles. The molecule has 0 fully saturated rings. The van der Waals surface area contributed by atoms with Crippen LogP contribution in [0.25, 0.3) is 0 Å². The molecule has 0 radical (unpaired) electrons. The highest BCUT2D eigenvalue weighted by atomic mass is 16.4. The Bertz CT molecular complexity index is 1160. The van der Waals surface area contributed by atoms with Crippen molar-refractivity contribution in [1.29, 1.82) is 0 Å². The molecule has 0 aliphatic rings. The Kier molecular flexibility index (Phi) is 12.6. The number of aromatic hydroxyl groups is 1. The van der Waals surface area contributed by atoms with E-state index >= 15 is 0 Å². The van der Waals surface area contributed by atoms with Crippen LogP contribution in [-0.4, -0.2) is 71.0 Å². The lowest BCUT2D eigenvalue weighted by molar-refractivity contribution is -0.142. The topological polar surface area (TPSA) is 200 Å². The monoisotopic (exact) mass is 555 g/mol. The van der Waals surface area contributed by atoms with Gasteiger partial charge in [0.1, 0.15) is 17.8 Å². The number of carboxylic acid groups (broad SMARTS) is 1. The van der Waals surface area contributed by atoms with Gasteiger partial charge in [-0.05, 0) is 42.0 Å². The Morgan fingerprint density at radius 1 is 0.750 bits per heavy atom. The molecule has 0 bridgehead atoms. The summed E-state index contributed by atoms with van der Waals surface area (Å²) in [5.41, 5.74) is 7.35. The zero-order chi connectivity index (χ0) is 29.7. The van der Waals surface area contributed by atoms with Gasteiger partial charge in [0.05, 0.1) is 19.1 Å². The Labute approximate surface area is 232 Å². The summed E-state index contributed by atoms with van der Waals surface area (Å²) in [4.78, 5) is 61.6. The number of benzene rings is 2. The van der Waals surface area contributed by atoms with E-state index in [2.05, 4.69) is 21.3 Å². The molecule has 8 N–H and O–H groups in total. The van der Waals surface area contributed by atoms with E-state index in [1.165, 1.54) is 12.1 Å². The van der Waals surface area contributed by atoms with Crippen molar-refractivity contribution in [2.75, 3.05) is 13.1 Å². The lowest BCUT2D eigenvalue weighted by Gasteiger charge is -2.22. The number of aliphatic carboxylic acids is 1. The number of carbonyl (C=O) groups is 5. The molecule has 0 heterocycles. The van der Waals surface area contributed by atoms with Gasteiger partial charge in [0.25, 0.3) is 0 Å². The first-order valence-electron chi connectivity index (χ1n) is 12.9. The summed E-state index contributed by atoms with van der Waals surface area (Å²) in [7, 11) is 0. The van der Waals surface area contributed by atoms with E-state index in [1.54, 1.807) is 42.5 Å². The Morgan fingerprint density at radius 2 is 1.35 bits per heavy atom. The number of phenolic OH excluding ortho intramolecular Hbond substituents is 1. The zero-order valence-corrected chi connectivity index (χ0v) is 22.6. The van der Waals surface area contributed by atoms with Crippen molar-refractivity contribution in [2.45, 2.75) is 51.2 Å². The molecule has 0 aliphatic heterocycles. The van der Waals surface area contributed by atoms with Crippen LogP contribution in [-0.2, 0) is 36.8 Å². The summed E-state index contributed by atoms with van der Waals surface area (Å²) < 4.78 is 0. The number of amides is 4. The lowest BCUT2D eigenvalue weighted by atomic mass is 10.0. The summed E-state index contributed by atoms with van der Waals surface area (Å²) in [5, 5.41) is 28.6. The van der Waals surface area contributed by atoms with Crippen LogP contribution in [0.3, 0.4) is 0 Å². The summed E-state index contributed by atoms with van der Waals surface area (Å²) in [6.45, 7) is 2.78. The van der Waals surface area contributed by atoms with Gasteiger partial charge in [-0.3, -0.25) is 19.2 Å². The van der Waals surface area contributed by atoms with Gasteiger partial charge in [0.2, 0.25) is 23.6 Å². The molecule has 0 saturated carbocycles. The highest BCUT2D eigenvalue weighted by Crippen LogP contribution is 2.11. The van der Waals surface area contributed by atoms with Gasteiger partial charge in [-0.15, -0.1) is 0 Å². The second kappa shape index (κ2) is 15.8. The van der Waals surface area contributed by atoms with Crippen LogP contribution in [0, 0.1) is 5.92 Å². The van der Waals surface area contributed by atoms with Crippen LogP contribution in [0.2, 0.25) is 0 Å². The maximum Gasteiger partial charge on any atom is 0.326 e. The minimum Gasteiger partial charge on any atom is -0.508 e. The fourth-order valence-corrected chi connectivity index (χ4v) is 3.79. The van der Waals surface area contributed by atoms with Crippen LogP contribution in [0.15, 0.2) is 54.6 Å². The fraction of sp³-hybridized carbons (Fsp3) is 0.393. The first-order chi connectivity index (χ1) is 18.9. The molecule has 216 valence electrons. The SMILES string of the molecule is CC(C)CC(NC(=O)[C@H](Cc1ccccc1)NC(=O)CNC(=O)CNC(=O)C(N)Cc1ccc(O)cc1)C(=O)O. The zero-order valence-electron chi connectivity index (χ0n) is 22.6. The van der Waals surface area contributed by atoms with Gasteiger partial charge in [-0.25, -0.2) is 4.79 Å². The molecule has 12 heteroatoms. The third-order valence-electron chi connectivity index (χ3n) is 5.85. The molecule has 2 rings (SSSR count). The summed E-state index contributed by atoms with van der Waals surface area (Å²) >= 11 is 0. The molecular weight excluding hydrogens is 518 g/mol. The molecular formula is C28H37N5O7. The molecule has 0 aliphatic carbocycles. The van der Waals surface area contributed by atoms with E-state index in [9.17, 15) is 34.2 Å². The number of hydrogen-bond acceptors (Lipinski definition) is 7. The largest absolute Gasteiger partial charge is 0.508 e. The van der Waals surface area contributed by atoms with E-state index in [0.717, 1.165) is 11.1 Å². The van der Waals surface area contributed by atoms with Gasteiger partial charge in [-0.2, -0.15) is 0 Å². The number of carbonyl (C=O) groups excluding carboxylic acids is 4. The molecule has 4 amide bonds. The van der Waals surface area contributed by atoms with E-state index in [1.807, 2.05) is 13.8 Å². The number of nitrogens with one attached hydrogen (secondary N) is 4. The maximum atomic E-state index is 13.0. The minimum atomic E-state index is -1.18. The van der Waals surface area contributed by atoms with Crippen molar-refractivity contribution in [2.24, 2.45) is 11.7 Å². The highest BCUT2D eigenvalue weighted by Gasteiger charge is 2.27. The third-order valence-corrected chi connectivity index (χ3v) is 5.85. The van der Waals surface area contributed by atoms with Crippen molar-refractivity contribution in [3.05, 3.63) is 65.7 Å². The number of rotatable bonds is 15. The molecule has 2 unspecified atom stereocenters. The molecule has 3 atom stereocenters. The van der Waals surface area contributed by atoms with Crippen molar-refractivity contribution in [1.82, 2.24) is 21.3 Å². The highest BCUT2D eigenvalue weighted by molar-refractivity contribution is 5.93. The van der Waals surface area contributed by atoms with E-state index < -0.39 is 60.8 Å². The van der Waals surface area contributed by atoms with Crippen LogP contribution in [0.5, 0.6) is 5.75 Å². The Balaban J connectivity index is 1.88. The smallest absolute Gasteiger partial charge is 0.326 e. The van der Waals surface area contributed by atoms with Crippen LogP contribution < -0.4 is 27.0 Å². The molecule has 2 aromatic carbocycles. The normalized spacial score (nSPS) is 13.0. The minimum absolute atomic E-state index is 0.0154. The number of phenols is 1. The molecule has 0 saturated heterocycles. The fourth-order valence-electron chi connectivity index (χ4n) is 3.79. The van der Waals surface area contributed by atoms with Gasteiger partial charge in [-0.1, -0.05) is 56.3 Å². The van der Waals surface area contributed by atoms with Crippen molar-refractivity contribution in [3.8, 4) is 5.75 Å². The predicted molar refractivity (Wildman–Crippen MR) is 147 cm³/mol. The second-order valence-electron chi connectivity index (χ2n) is 9.81. The van der Waals surface area contributed by atoms with Gasteiger partial charge in [0.15, 0.2) is 0 Å². The first-order valence-corrected chi connectivity index (χ1v) is 12.9. The molecule has 0 spiro atoms. The average Bonchev–Trinajstić information content (AvgIpc) is 2.91. The molecule has 40 heavy (non-hydrogen) atoms. The number of hydrogen-bond donors (Lipinski definition) is 7. The van der Waals surface area contributed by atoms with Crippen molar-refractivity contribution in [3.63, 3.8) is 0 Å². The molecule has 12 nitrogen and oxygen atoms in total. The standard InChI is InChI=1S/C28H37N5O7/c1-17(2)12-23(28(39)40)33-27(38)22(14-18-6-4-3-5-7-18)32-25(36)16-30-24(35)15-31-26(37)21(29)13-19-8-10-20(34)11-9-19/h3-11,17,21-23,34H,12-16,29H2,1-2H3,(H,30,35)(H,31,37)(H,32,36)(H,33,38)(H,39,40)/t21?,22-,23?/m0/s1. The van der Waals surface area contributed by atoms with Gasteiger partial charge in [0, 0.05) is 6.42 Å². The first kappa shape index (κ1) is 31.8. The lowest BCUT2D eigenvalue weighted by Crippen LogP contribution is -2.54. The quantitative estimate of drug-likeness (QED) is 0.157. The van der Waals surface area contributed by atoms with Crippen molar-refractivity contribution < 1.29 is 34.2 Å². The van der Waals surface area contributed by atoms with Crippen LogP contribution >= 0.6 is 0 Å². The number of carboxylic acids is 1. The maximum absolute atomic E-state index is 13.0. The average molecular weight is 556 g/mol. The number of nitrogens with two attached hydrogens (primary N) is 1. The van der Waals surface area contributed by atoms with Crippen LogP contribution in [0.4, 0.5) is 0 Å². The van der Waals surface area contributed by atoms with Crippen LogP contribution in [0.1, 0.15) is 31.4 Å². The van der Waals surface area contributed by atoms with E-state index in [-0.39, 0.29) is 30.9 Å². The third kappa shape index (κ3) is 11.5. The van der Waals surface area contributed by atoms with Gasteiger partial charge >= 0.3 is 5.97 Å². The van der Waals surface area contributed by atoms with E-state index in [0.29, 0.717) is 0 Å². The Hall–Kier alpha value is -4.45. The molecule has 2 aromatic rings. The second-order valence-corrected chi connectivity index (χ2v) is 9.81. The summed E-state index contributed by atoms with van der Waals surface area (Å²) in [6.07, 6.45) is 0.518.